The number of benzene rings is 1. The third kappa shape index (κ3) is 4.76. The van der Waals surface area contributed by atoms with Gasteiger partial charge in [0.2, 0.25) is 5.91 Å². The number of anilines is 1. The lowest BCUT2D eigenvalue weighted by atomic mass is 10.1. The third-order valence-electron chi connectivity index (χ3n) is 3.61. The zero-order valence-corrected chi connectivity index (χ0v) is 12.2. The van der Waals surface area contributed by atoms with Crippen LogP contribution in [0.4, 0.5) is 10.1 Å². The largest absolute Gasteiger partial charge is 0.325 e. The maximum atomic E-state index is 13.0. The monoisotopic (exact) mass is 298 g/mol. The normalized spacial score (nSPS) is 16.7. The van der Waals surface area contributed by atoms with E-state index in [1.807, 2.05) is 0 Å². The van der Waals surface area contributed by atoms with Crippen molar-refractivity contribution in [2.75, 3.05) is 11.9 Å². The first-order chi connectivity index (χ1) is 9.65. The Morgan fingerprint density at radius 2 is 1.95 bits per heavy atom. The summed E-state index contributed by atoms with van der Waals surface area (Å²) >= 11 is 5.67. The van der Waals surface area contributed by atoms with E-state index >= 15 is 0 Å². The Balaban J connectivity index is 1.78. The highest BCUT2D eigenvalue weighted by atomic mass is 35.5. The van der Waals surface area contributed by atoms with Crippen LogP contribution in [0.25, 0.3) is 0 Å². The number of carbonyl (C=O) groups excluding carboxylic acids is 1. The molecule has 0 aliphatic heterocycles. The number of hydrogen-bond donors (Lipinski definition) is 2. The standard InChI is InChI=1S/C15H20ClFN2O/c16-13-9-12(7-8-14(13)17)19-15(20)10-18-11-5-3-1-2-4-6-11/h7-9,11,18H,1-6,10H2,(H,19,20). The Labute approximate surface area is 123 Å². The lowest BCUT2D eigenvalue weighted by Crippen LogP contribution is -2.35. The van der Waals surface area contributed by atoms with E-state index in [0.29, 0.717) is 11.7 Å². The van der Waals surface area contributed by atoms with Crippen LogP contribution in [-0.2, 0) is 4.79 Å². The molecule has 0 spiro atoms. The van der Waals surface area contributed by atoms with Crippen molar-refractivity contribution in [3.05, 3.63) is 29.0 Å². The molecule has 0 aromatic heterocycles. The van der Waals surface area contributed by atoms with Crippen LogP contribution in [0.2, 0.25) is 5.02 Å². The summed E-state index contributed by atoms with van der Waals surface area (Å²) in [5.41, 5.74) is 0.518. The molecule has 0 bridgehead atoms. The Kier molecular flexibility index (Phi) is 5.80. The van der Waals surface area contributed by atoms with Crippen LogP contribution in [0.1, 0.15) is 38.5 Å². The van der Waals surface area contributed by atoms with Crippen LogP contribution in [-0.4, -0.2) is 18.5 Å². The molecule has 1 aromatic carbocycles. The number of amides is 1. The molecule has 1 aliphatic carbocycles. The average molecular weight is 299 g/mol. The number of hydrogen-bond acceptors (Lipinski definition) is 2. The van der Waals surface area contributed by atoms with E-state index < -0.39 is 5.82 Å². The van der Waals surface area contributed by atoms with Crippen molar-refractivity contribution in [3.8, 4) is 0 Å². The van der Waals surface area contributed by atoms with Gasteiger partial charge in [0.05, 0.1) is 11.6 Å². The van der Waals surface area contributed by atoms with Crippen molar-refractivity contribution < 1.29 is 9.18 Å². The van der Waals surface area contributed by atoms with Crippen LogP contribution in [0.3, 0.4) is 0 Å². The first-order valence-electron chi connectivity index (χ1n) is 7.13. The average Bonchev–Trinajstić information content (AvgIpc) is 2.69. The fraction of sp³-hybridized carbons (Fsp3) is 0.533. The van der Waals surface area contributed by atoms with Gasteiger partial charge in [-0.05, 0) is 31.0 Å². The molecule has 0 saturated heterocycles. The zero-order valence-electron chi connectivity index (χ0n) is 11.4. The Bertz CT molecular complexity index is 459. The van der Waals surface area contributed by atoms with Gasteiger partial charge < -0.3 is 10.6 Å². The second-order valence-corrected chi connectivity index (χ2v) is 5.65. The summed E-state index contributed by atoms with van der Waals surface area (Å²) in [6.45, 7) is 0.277. The molecule has 2 rings (SSSR count). The van der Waals surface area contributed by atoms with Gasteiger partial charge >= 0.3 is 0 Å². The maximum absolute atomic E-state index is 13.0. The smallest absolute Gasteiger partial charge is 0.238 e. The van der Waals surface area contributed by atoms with Crippen molar-refractivity contribution in [2.24, 2.45) is 0 Å². The van der Waals surface area contributed by atoms with Gasteiger partial charge in [0.25, 0.3) is 0 Å². The molecule has 1 saturated carbocycles. The minimum atomic E-state index is -0.485. The van der Waals surface area contributed by atoms with Gasteiger partial charge in [0, 0.05) is 11.7 Å². The highest BCUT2D eigenvalue weighted by Gasteiger charge is 2.13. The second-order valence-electron chi connectivity index (χ2n) is 5.25. The second kappa shape index (κ2) is 7.60. The van der Waals surface area contributed by atoms with Gasteiger partial charge in [-0.1, -0.05) is 37.3 Å². The number of nitrogens with one attached hydrogen (secondary N) is 2. The molecule has 5 heteroatoms. The molecule has 110 valence electrons. The van der Waals surface area contributed by atoms with Crippen LogP contribution in [0, 0.1) is 5.82 Å². The molecular weight excluding hydrogens is 279 g/mol. The van der Waals surface area contributed by atoms with E-state index in [4.69, 9.17) is 11.6 Å². The van der Waals surface area contributed by atoms with E-state index in [2.05, 4.69) is 10.6 Å². The van der Waals surface area contributed by atoms with Crippen molar-refractivity contribution in [1.82, 2.24) is 5.32 Å². The zero-order chi connectivity index (χ0) is 14.4. The van der Waals surface area contributed by atoms with Crippen molar-refractivity contribution >= 4 is 23.2 Å². The quantitative estimate of drug-likeness (QED) is 0.832. The Morgan fingerprint density at radius 3 is 2.60 bits per heavy atom. The molecule has 2 N–H and O–H groups in total. The number of carbonyl (C=O) groups is 1. The third-order valence-corrected chi connectivity index (χ3v) is 3.90. The Morgan fingerprint density at radius 1 is 1.25 bits per heavy atom. The van der Waals surface area contributed by atoms with Gasteiger partial charge in [-0.3, -0.25) is 4.79 Å². The van der Waals surface area contributed by atoms with Crippen LogP contribution in [0.5, 0.6) is 0 Å². The molecule has 3 nitrogen and oxygen atoms in total. The Hall–Kier alpha value is -1.13. The molecule has 1 aliphatic rings. The molecule has 0 atom stereocenters. The van der Waals surface area contributed by atoms with Gasteiger partial charge in [-0.2, -0.15) is 0 Å². The summed E-state index contributed by atoms with van der Waals surface area (Å²) in [6, 6.07) is 4.60. The van der Waals surface area contributed by atoms with Gasteiger partial charge in [0.1, 0.15) is 5.82 Å². The number of rotatable bonds is 4. The molecule has 1 amide bonds. The first kappa shape index (κ1) is 15.3. The molecule has 1 aromatic rings. The van der Waals surface area contributed by atoms with Gasteiger partial charge in [-0.15, -0.1) is 0 Å². The maximum Gasteiger partial charge on any atom is 0.238 e. The van der Waals surface area contributed by atoms with Crippen LogP contribution < -0.4 is 10.6 Å². The molecule has 0 unspecified atom stereocenters. The van der Waals surface area contributed by atoms with E-state index in [-0.39, 0.29) is 17.5 Å². The van der Waals surface area contributed by atoms with Crippen molar-refractivity contribution in [1.29, 1.82) is 0 Å². The van der Waals surface area contributed by atoms with Crippen LogP contribution in [0.15, 0.2) is 18.2 Å². The lowest BCUT2D eigenvalue weighted by Gasteiger charge is -2.15. The summed E-state index contributed by atoms with van der Waals surface area (Å²) in [5.74, 6) is -0.613. The van der Waals surface area contributed by atoms with E-state index in [0.717, 1.165) is 12.8 Å². The SMILES string of the molecule is O=C(CNC1CCCCCC1)Nc1ccc(F)c(Cl)c1. The fourth-order valence-corrected chi connectivity index (χ4v) is 2.68. The summed E-state index contributed by atoms with van der Waals surface area (Å²) in [4.78, 5) is 11.8. The predicted octanol–water partition coefficient (Wildman–Crippen LogP) is 3.73. The highest BCUT2D eigenvalue weighted by molar-refractivity contribution is 6.31. The molecule has 0 heterocycles. The molecular formula is C15H20ClFN2O. The van der Waals surface area contributed by atoms with E-state index in [9.17, 15) is 9.18 Å². The fourth-order valence-electron chi connectivity index (χ4n) is 2.50. The van der Waals surface area contributed by atoms with Gasteiger partial charge in [-0.25, -0.2) is 4.39 Å². The minimum absolute atomic E-state index is 0.0135. The topological polar surface area (TPSA) is 41.1 Å². The molecule has 20 heavy (non-hydrogen) atoms. The summed E-state index contributed by atoms with van der Waals surface area (Å²) in [6.07, 6.45) is 7.31. The lowest BCUT2D eigenvalue weighted by molar-refractivity contribution is -0.115. The van der Waals surface area contributed by atoms with Crippen molar-refractivity contribution in [2.45, 2.75) is 44.6 Å². The summed E-state index contributed by atoms with van der Waals surface area (Å²) < 4.78 is 13.0. The first-order valence-corrected chi connectivity index (χ1v) is 7.51. The van der Waals surface area contributed by atoms with Crippen molar-refractivity contribution in [3.63, 3.8) is 0 Å². The van der Waals surface area contributed by atoms with E-state index in [1.54, 1.807) is 0 Å². The number of halogens is 2. The highest BCUT2D eigenvalue weighted by Crippen LogP contribution is 2.19. The predicted molar refractivity (Wildman–Crippen MR) is 79.5 cm³/mol. The van der Waals surface area contributed by atoms with Gasteiger partial charge in [0.15, 0.2) is 0 Å². The minimum Gasteiger partial charge on any atom is -0.325 e. The van der Waals surface area contributed by atoms with Crippen LogP contribution >= 0.6 is 11.6 Å². The molecule has 1 fully saturated rings. The molecule has 0 radical (unpaired) electrons. The summed E-state index contributed by atoms with van der Waals surface area (Å²) in [5, 5.41) is 6.01. The summed E-state index contributed by atoms with van der Waals surface area (Å²) in [7, 11) is 0. The van der Waals surface area contributed by atoms with E-state index in [1.165, 1.54) is 43.9 Å².